The van der Waals surface area contributed by atoms with Crippen molar-refractivity contribution in [1.29, 1.82) is 0 Å². The highest BCUT2D eigenvalue weighted by molar-refractivity contribution is 5.89. The average Bonchev–Trinajstić information content (AvgIpc) is 2.77. The minimum atomic E-state index is 0.0239. The van der Waals surface area contributed by atoms with E-state index in [9.17, 15) is 4.79 Å². The number of hydrogen-bond donors (Lipinski definition) is 2. The zero-order valence-corrected chi connectivity index (χ0v) is 12.7. The summed E-state index contributed by atoms with van der Waals surface area (Å²) in [6, 6.07) is 1.91. The summed E-state index contributed by atoms with van der Waals surface area (Å²) in [5.74, 6) is 0.687. The third-order valence-corrected chi connectivity index (χ3v) is 3.16. The molecule has 108 valence electrons. The number of aromatic amines is 1. The van der Waals surface area contributed by atoms with Gasteiger partial charge in [0.2, 0.25) is 5.91 Å². The van der Waals surface area contributed by atoms with Crippen LogP contribution in [0.5, 0.6) is 0 Å². The van der Waals surface area contributed by atoms with Gasteiger partial charge < -0.3 is 5.32 Å². The van der Waals surface area contributed by atoms with Gasteiger partial charge in [-0.15, -0.1) is 0 Å². The van der Waals surface area contributed by atoms with Crippen molar-refractivity contribution in [3.8, 4) is 0 Å². The van der Waals surface area contributed by atoms with Crippen LogP contribution in [0.25, 0.3) is 0 Å². The molecule has 0 aromatic carbocycles. The first-order valence-electron chi connectivity index (χ1n) is 7.29. The first kappa shape index (κ1) is 15.7. The molecule has 2 N–H and O–H groups in total. The molecule has 1 heterocycles. The minimum Gasteiger partial charge on any atom is -0.309 e. The molecule has 0 bridgehead atoms. The summed E-state index contributed by atoms with van der Waals surface area (Å²) >= 11 is 0. The first-order valence-corrected chi connectivity index (χ1v) is 7.29. The van der Waals surface area contributed by atoms with Gasteiger partial charge in [-0.25, -0.2) is 0 Å². The van der Waals surface area contributed by atoms with E-state index < -0.39 is 0 Å². The summed E-state index contributed by atoms with van der Waals surface area (Å²) in [6.07, 6.45) is 6.39. The summed E-state index contributed by atoms with van der Waals surface area (Å²) in [7, 11) is 0. The van der Waals surface area contributed by atoms with Crippen molar-refractivity contribution in [3.05, 3.63) is 11.8 Å². The highest BCUT2D eigenvalue weighted by atomic mass is 16.1. The number of nitrogens with zero attached hydrogens (tertiary/aromatic N) is 1. The molecule has 1 rings (SSSR count). The van der Waals surface area contributed by atoms with Gasteiger partial charge in [-0.3, -0.25) is 9.89 Å². The highest BCUT2D eigenvalue weighted by Crippen LogP contribution is 2.22. The largest absolute Gasteiger partial charge is 0.309 e. The molecule has 1 aromatic rings. The van der Waals surface area contributed by atoms with Gasteiger partial charge in [0.1, 0.15) is 0 Å². The fraction of sp³-hybridized carbons (Fsp3) is 0.733. The lowest BCUT2D eigenvalue weighted by Crippen LogP contribution is -2.12. The predicted octanol–water partition coefficient (Wildman–Crippen LogP) is 4.01. The number of aromatic nitrogens is 2. The molecule has 19 heavy (non-hydrogen) atoms. The van der Waals surface area contributed by atoms with Crippen molar-refractivity contribution in [1.82, 2.24) is 10.2 Å². The molecule has 0 saturated carbocycles. The molecule has 4 nitrogen and oxygen atoms in total. The van der Waals surface area contributed by atoms with E-state index >= 15 is 0 Å². The van der Waals surface area contributed by atoms with E-state index in [1.807, 2.05) is 6.07 Å². The summed E-state index contributed by atoms with van der Waals surface area (Å²) in [6.45, 7) is 8.52. The van der Waals surface area contributed by atoms with E-state index in [1.54, 1.807) is 0 Å². The number of unbranched alkanes of at least 4 members (excludes halogenated alkanes) is 4. The van der Waals surface area contributed by atoms with Gasteiger partial charge in [0.25, 0.3) is 0 Å². The lowest BCUT2D eigenvalue weighted by Gasteiger charge is -2.14. The quantitative estimate of drug-likeness (QED) is 0.732. The summed E-state index contributed by atoms with van der Waals surface area (Å²) in [5, 5.41) is 9.94. The Morgan fingerprint density at radius 2 is 1.95 bits per heavy atom. The molecule has 0 unspecified atom stereocenters. The third-order valence-electron chi connectivity index (χ3n) is 3.16. The molecule has 0 aliphatic heterocycles. The number of anilines is 1. The predicted molar refractivity (Wildman–Crippen MR) is 79.3 cm³/mol. The Labute approximate surface area is 116 Å². The van der Waals surface area contributed by atoms with Gasteiger partial charge in [-0.1, -0.05) is 53.4 Å². The van der Waals surface area contributed by atoms with E-state index in [1.165, 1.54) is 19.3 Å². The normalized spacial score (nSPS) is 11.6. The van der Waals surface area contributed by atoms with Gasteiger partial charge in [-0.05, 0) is 6.42 Å². The Balaban J connectivity index is 2.30. The molecule has 0 aliphatic rings. The van der Waals surface area contributed by atoms with Crippen molar-refractivity contribution >= 4 is 11.7 Å². The second-order valence-electron chi connectivity index (χ2n) is 6.13. The topological polar surface area (TPSA) is 57.8 Å². The molecule has 0 fully saturated rings. The van der Waals surface area contributed by atoms with Gasteiger partial charge in [0, 0.05) is 23.6 Å². The zero-order chi connectivity index (χ0) is 14.3. The third kappa shape index (κ3) is 5.90. The van der Waals surface area contributed by atoms with E-state index in [-0.39, 0.29) is 11.3 Å². The van der Waals surface area contributed by atoms with Crippen molar-refractivity contribution < 1.29 is 4.79 Å². The Hall–Kier alpha value is -1.32. The Morgan fingerprint density at radius 3 is 2.53 bits per heavy atom. The van der Waals surface area contributed by atoms with Crippen molar-refractivity contribution in [2.24, 2.45) is 0 Å². The van der Waals surface area contributed by atoms with Crippen LogP contribution in [0.15, 0.2) is 6.07 Å². The molecule has 4 heteroatoms. The van der Waals surface area contributed by atoms with Crippen LogP contribution in [0.3, 0.4) is 0 Å². The Morgan fingerprint density at radius 1 is 1.26 bits per heavy atom. The van der Waals surface area contributed by atoms with Crippen LogP contribution in [-0.2, 0) is 10.2 Å². The monoisotopic (exact) mass is 265 g/mol. The number of amides is 1. The van der Waals surface area contributed by atoms with Crippen molar-refractivity contribution in [2.45, 2.75) is 71.6 Å². The molecule has 0 spiro atoms. The van der Waals surface area contributed by atoms with Gasteiger partial charge in [0.15, 0.2) is 5.82 Å². The van der Waals surface area contributed by atoms with Crippen LogP contribution in [0, 0.1) is 0 Å². The Bertz CT molecular complexity index is 390. The average molecular weight is 265 g/mol. The molecule has 1 aromatic heterocycles. The molecule has 1 amide bonds. The van der Waals surface area contributed by atoms with E-state index in [0.717, 1.165) is 18.5 Å². The molecular formula is C15H27N3O. The van der Waals surface area contributed by atoms with E-state index in [2.05, 4.69) is 43.2 Å². The lowest BCUT2D eigenvalue weighted by molar-refractivity contribution is -0.116. The number of hydrogen-bond acceptors (Lipinski definition) is 2. The van der Waals surface area contributed by atoms with Crippen LogP contribution in [0.2, 0.25) is 0 Å². The maximum atomic E-state index is 11.7. The summed E-state index contributed by atoms with van der Waals surface area (Å²) < 4.78 is 0. The van der Waals surface area contributed by atoms with Crippen LogP contribution in [0.1, 0.15) is 71.9 Å². The van der Waals surface area contributed by atoms with E-state index in [0.29, 0.717) is 12.2 Å². The lowest BCUT2D eigenvalue weighted by atomic mass is 9.92. The first-order chi connectivity index (χ1) is 8.93. The summed E-state index contributed by atoms with van der Waals surface area (Å²) in [4.78, 5) is 11.7. The molecule has 0 aliphatic carbocycles. The number of H-pyrrole nitrogens is 1. The smallest absolute Gasteiger partial charge is 0.225 e. The minimum absolute atomic E-state index is 0.0239. The highest BCUT2D eigenvalue weighted by Gasteiger charge is 2.17. The van der Waals surface area contributed by atoms with Crippen LogP contribution < -0.4 is 5.32 Å². The van der Waals surface area contributed by atoms with E-state index in [4.69, 9.17) is 0 Å². The molecule has 0 saturated heterocycles. The fourth-order valence-corrected chi connectivity index (χ4v) is 1.86. The zero-order valence-electron chi connectivity index (χ0n) is 12.7. The summed E-state index contributed by atoms with van der Waals surface area (Å²) in [5.41, 5.74) is 1.06. The standard InChI is InChI=1S/C15H27N3O/c1-5-6-7-8-9-10-14(19)16-13-11-12(17-18-13)15(2,3)4/h11H,5-10H2,1-4H3,(H2,16,17,18,19). The molecular weight excluding hydrogens is 238 g/mol. The Kier molecular flexibility index (Phi) is 6.06. The fourth-order valence-electron chi connectivity index (χ4n) is 1.86. The number of carbonyl (C=O) groups is 1. The van der Waals surface area contributed by atoms with Crippen LogP contribution in [-0.4, -0.2) is 16.1 Å². The van der Waals surface area contributed by atoms with Crippen LogP contribution in [0.4, 0.5) is 5.82 Å². The maximum Gasteiger partial charge on any atom is 0.225 e. The second kappa shape index (κ2) is 7.31. The van der Waals surface area contributed by atoms with Crippen molar-refractivity contribution in [3.63, 3.8) is 0 Å². The van der Waals surface area contributed by atoms with Gasteiger partial charge in [-0.2, -0.15) is 5.10 Å². The molecule has 0 radical (unpaired) electrons. The maximum absolute atomic E-state index is 11.7. The van der Waals surface area contributed by atoms with Crippen LogP contribution >= 0.6 is 0 Å². The van der Waals surface area contributed by atoms with Gasteiger partial charge in [0.05, 0.1) is 0 Å². The number of nitrogens with one attached hydrogen (secondary N) is 2. The number of carbonyl (C=O) groups excluding carboxylic acids is 1. The molecule has 0 atom stereocenters. The number of rotatable bonds is 7. The SMILES string of the molecule is CCCCCCCC(=O)Nc1cc(C(C)(C)C)[nH]n1. The van der Waals surface area contributed by atoms with Crippen molar-refractivity contribution in [2.75, 3.05) is 5.32 Å². The van der Waals surface area contributed by atoms with Gasteiger partial charge >= 0.3 is 0 Å². The second-order valence-corrected chi connectivity index (χ2v) is 6.13.